The van der Waals surface area contributed by atoms with Crippen LogP contribution in [-0.2, 0) is 0 Å². The number of nitrogens with one attached hydrogen (secondary N) is 2. The highest BCUT2D eigenvalue weighted by molar-refractivity contribution is 5.92. The number of hydrogen-bond donors (Lipinski definition) is 3. The van der Waals surface area contributed by atoms with E-state index in [4.69, 9.17) is 5.84 Å². The number of aromatic nitrogens is 2. The average molecular weight is 287 g/mol. The van der Waals surface area contributed by atoms with Gasteiger partial charge in [0, 0.05) is 5.54 Å². The van der Waals surface area contributed by atoms with Crippen LogP contribution >= 0.6 is 0 Å². The van der Waals surface area contributed by atoms with Gasteiger partial charge in [-0.3, -0.25) is 4.79 Å². The Morgan fingerprint density at radius 1 is 1.10 bits per heavy atom. The van der Waals surface area contributed by atoms with Gasteiger partial charge in [-0.1, -0.05) is 0 Å². The Hall–Kier alpha value is -1.69. The minimum absolute atomic E-state index is 0.0122. The van der Waals surface area contributed by atoms with E-state index in [0.717, 1.165) is 37.0 Å². The van der Waals surface area contributed by atoms with Gasteiger partial charge >= 0.3 is 0 Å². The normalized spacial score (nSPS) is 36.5. The van der Waals surface area contributed by atoms with Gasteiger partial charge in [-0.15, -0.1) is 10.2 Å². The van der Waals surface area contributed by atoms with Crippen molar-refractivity contribution in [3.63, 3.8) is 0 Å². The van der Waals surface area contributed by atoms with Crippen molar-refractivity contribution in [3.05, 3.63) is 17.8 Å². The lowest BCUT2D eigenvalue weighted by Gasteiger charge is -2.56. The highest BCUT2D eigenvalue weighted by Gasteiger charge is 2.51. The molecule has 0 aliphatic heterocycles. The standard InChI is InChI=1S/C15H21N5O/c16-18-13-2-1-12(19-20-13)14(21)17-15-6-9-3-10(7-15)5-11(4-9)8-15/h1-2,9-11H,3-8,16H2,(H,17,21)(H,18,20). The van der Waals surface area contributed by atoms with Crippen LogP contribution in [-0.4, -0.2) is 21.6 Å². The molecular weight excluding hydrogens is 266 g/mol. The molecule has 1 aromatic rings. The average Bonchev–Trinajstić information content (AvgIpc) is 2.45. The van der Waals surface area contributed by atoms with Crippen molar-refractivity contribution < 1.29 is 4.79 Å². The molecule has 0 radical (unpaired) electrons. The van der Waals surface area contributed by atoms with E-state index in [1.54, 1.807) is 12.1 Å². The molecule has 4 aliphatic rings. The molecule has 0 saturated heterocycles. The molecule has 112 valence electrons. The number of hydrogen-bond acceptors (Lipinski definition) is 5. The Morgan fingerprint density at radius 2 is 1.71 bits per heavy atom. The molecule has 1 heterocycles. The molecule has 0 spiro atoms. The predicted molar refractivity (Wildman–Crippen MR) is 78.2 cm³/mol. The van der Waals surface area contributed by atoms with Gasteiger partial charge < -0.3 is 10.7 Å². The van der Waals surface area contributed by atoms with E-state index in [0.29, 0.717) is 11.5 Å². The zero-order chi connectivity index (χ0) is 14.4. The molecule has 21 heavy (non-hydrogen) atoms. The second-order valence-electron chi connectivity index (χ2n) is 7.10. The molecule has 4 bridgehead atoms. The van der Waals surface area contributed by atoms with Gasteiger partial charge in [-0.05, 0) is 68.4 Å². The third-order valence-electron chi connectivity index (χ3n) is 5.46. The summed E-state index contributed by atoms with van der Waals surface area (Å²) >= 11 is 0. The zero-order valence-corrected chi connectivity index (χ0v) is 12.0. The maximum Gasteiger partial charge on any atom is 0.272 e. The number of carbonyl (C=O) groups excluding carboxylic acids is 1. The van der Waals surface area contributed by atoms with Gasteiger partial charge in [0.05, 0.1) is 0 Å². The number of nitrogens with two attached hydrogens (primary N) is 1. The molecule has 4 fully saturated rings. The summed E-state index contributed by atoms with van der Waals surface area (Å²) in [6.45, 7) is 0. The van der Waals surface area contributed by atoms with E-state index in [1.165, 1.54) is 19.3 Å². The number of anilines is 1. The lowest BCUT2D eigenvalue weighted by Crippen LogP contribution is -2.59. The van der Waals surface area contributed by atoms with Gasteiger partial charge in [-0.2, -0.15) is 0 Å². The van der Waals surface area contributed by atoms with Gasteiger partial charge in [0.15, 0.2) is 11.5 Å². The molecule has 1 amide bonds. The summed E-state index contributed by atoms with van der Waals surface area (Å²) in [5.41, 5.74) is 2.79. The molecule has 6 heteroatoms. The molecule has 1 aromatic heterocycles. The molecule has 5 rings (SSSR count). The van der Waals surface area contributed by atoms with E-state index in [9.17, 15) is 4.79 Å². The summed E-state index contributed by atoms with van der Waals surface area (Å²) in [5.74, 6) is 8.05. The summed E-state index contributed by atoms with van der Waals surface area (Å²) < 4.78 is 0. The van der Waals surface area contributed by atoms with Gasteiger partial charge in [0.2, 0.25) is 0 Å². The van der Waals surface area contributed by atoms with Crippen LogP contribution < -0.4 is 16.6 Å². The van der Waals surface area contributed by atoms with E-state index >= 15 is 0 Å². The number of amides is 1. The Balaban J connectivity index is 1.51. The van der Waals surface area contributed by atoms with Crippen molar-refractivity contribution in [1.29, 1.82) is 0 Å². The predicted octanol–water partition coefficient (Wildman–Crippen LogP) is 1.46. The van der Waals surface area contributed by atoms with Crippen LogP contribution in [0.25, 0.3) is 0 Å². The molecular formula is C15H21N5O. The summed E-state index contributed by atoms with van der Waals surface area (Å²) in [7, 11) is 0. The minimum atomic E-state index is -0.104. The first-order chi connectivity index (χ1) is 10.2. The van der Waals surface area contributed by atoms with Gasteiger partial charge in [0.25, 0.3) is 5.91 Å². The Labute approximate surface area is 123 Å². The number of nitrogen functional groups attached to an aromatic ring is 1. The second-order valence-corrected chi connectivity index (χ2v) is 7.10. The smallest absolute Gasteiger partial charge is 0.272 e. The van der Waals surface area contributed by atoms with E-state index < -0.39 is 0 Å². The maximum absolute atomic E-state index is 12.5. The molecule has 4 N–H and O–H groups in total. The number of nitrogens with zero attached hydrogens (tertiary/aromatic N) is 2. The van der Waals surface area contributed by atoms with Crippen molar-refractivity contribution in [1.82, 2.24) is 15.5 Å². The maximum atomic E-state index is 12.5. The van der Waals surface area contributed by atoms with Crippen LogP contribution in [0, 0.1) is 17.8 Å². The van der Waals surface area contributed by atoms with Crippen LogP contribution in [0.4, 0.5) is 5.82 Å². The van der Waals surface area contributed by atoms with Crippen molar-refractivity contribution in [2.75, 3.05) is 5.43 Å². The lowest BCUT2D eigenvalue weighted by atomic mass is 9.53. The Kier molecular flexibility index (Phi) is 2.89. The fourth-order valence-corrected chi connectivity index (χ4v) is 5.10. The van der Waals surface area contributed by atoms with Crippen molar-refractivity contribution in [2.24, 2.45) is 23.6 Å². The molecule has 0 aromatic carbocycles. The molecule has 4 aliphatic carbocycles. The zero-order valence-electron chi connectivity index (χ0n) is 12.0. The monoisotopic (exact) mass is 287 g/mol. The largest absolute Gasteiger partial charge is 0.345 e. The molecule has 6 nitrogen and oxygen atoms in total. The van der Waals surface area contributed by atoms with Crippen molar-refractivity contribution in [2.45, 2.75) is 44.1 Å². The van der Waals surface area contributed by atoms with Crippen LogP contribution in [0.2, 0.25) is 0 Å². The van der Waals surface area contributed by atoms with Crippen LogP contribution in [0.3, 0.4) is 0 Å². The number of carbonyl (C=O) groups is 1. The topological polar surface area (TPSA) is 92.9 Å². The highest BCUT2D eigenvalue weighted by Crippen LogP contribution is 2.55. The van der Waals surface area contributed by atoms with E-state index in [1.807, 2.05) is 0 Å². The molecule has 0 atom stereocenters. The van der Waals surface area contributed by atoms with E-state index in [-0.39, 0.29) is 11.4 Å². The number of hydrazine groups is 1. The van der Waals surface area contributed by atoms with Crippen molar-refractivity contribution >= 4 is 11.7 Å². The van der Waals surface area contributed by atoms with Crippen molar-refractivity contribution in [3.8, 4) is 0 Å². The first-order valence-corrected chi connectivity index (χ1v) is 7.79. The quantitative estimate of drug-likeness (QED) is 0.578. The molecule has 0 unspecified atom stereocenters. The van der Waals surface area contributed by atoms with Crippen LogP contribution in [0.15, 0.2) is 12.1 Å². The van der Waals surface area contributed by atoms with E-state index in [2.05, 4.69) is 20.9 Å². The number of rotatable bonds is 3. The lowest BCUT2D eigenvalue weighted by molar-refractivity contribution is -0.0168. The summed E-state index contributed by atoms with van der Waals surface area (Å²) in [6, 6.07) is 3.33. The van der Waals surface area contributed by atoms with Gasteiger partial charge in [0.1, 0.15) is 0 Å². The third-order valence-corrected chi connectivity index (χ3v) is 5.46. The Bertz CT molecular complexity index is 520. The third kappa shape index (κ3) is 2.27. The first-order valence-electron chi connectivity index (χ1n) is 7.79. The summed E-state index contributed by atoms with van der Waals surface area (Å²) in [5, 5.41) is 11.1. The molecule has 4 saturated carbocycles. The second kappa shape index (κ2) is 4.66. The fraction of sp³-hybridized carbons (Fsp3) is 0.667. The van der Waals surface area contributed by atoms with Gasteiger partial charge in [-0.25, -0.2) is 5.84 Å². The SMILES string of the molecule is NNc1ccc(C(=O)NC23CC4CC(CC(C4)C2)C3)nn1. The Morgan fingerprint density at radius 3 is 2.19 bits per heavy atom. The summed E-state index contributed by atoms with van der Waals surface area (Å²) in [4.78, 5) is 12.5. The summed E-state index contributed by atoms with van der Waals surface area (Å²) in [6.07, 6.45) is 7.52. The van der Waals surface area contributed by atoms with Crippen LogP contribution in [0.1, 0.15) is 49.0 Å². The minimum Gasteiger partial charge on any atom is -0.345 e. The van der Waals surface area contributed by atoms with Crippen LogP contribution in [0.5, 0.6) is 0 Å². The fourth-order valence-electron chi connectivity index (χ4n) is 5.10. The highest BCUT2D eigenvalue weighted by atomic mass is 16.2. The first kappa shape index (κ1) is 13.0.